The molecule has 3 rings (SSSR count). The second kappa shape index (κ2) is 7.00. The van der Waals surface area contributed by atoms with E-state index >= 15 is 0 Å². The zero-order chi connectivity index (χ0) is 16.9. The molecular formula is C19H21N5. The van der Waals surface area contributed by atoms with Crippen LogP contribution in [0.4, 0.5) is 23.0 Å². The van der Waals surface area contributed by atoms with Gasteiger partial charge in [-0.1, -0.05) is 30.3 Å². The average Bonchev–Trinajstić information content (AvgIpc) is 2.59. The van der Waals surface area contributed by atoms with Crippen LogP contribution in [0.1, 0.15) is 16.7 Å². The Bertz CT molecular complexity index is 830. The predicted octanol–water partition coefficient (Wildman–Crippen LogP) is 4.03. The number of aromatic nitrogens is 2. The van der Waals surface area contributed by atoms with Gasteiger partial charge < -0.3 is 16.4 Å². The van der Waals surface area contributed by atoms with Gasteiger partial charge in [-0.05, 0) is 42.7 Å². The molecule has 0 radical (unpaired) electrons. The average molecular weight is 319 g/mol. The van der Waals surface area contributed by atoms with Crippen LogP contribution >= 0.6 is 0 Å². The van der Waals surface area contributed by atoms with Crippen LogP contribution in [0, 0.1) is 13.8 Å². The molecule has 0 aliphatic heterocycles. The van der Waals surface area contributed by atoms with Gasteiger partial charge in [0.1, 0.15) is 18.0 Å². The van der Waals surface area contributed by atoms with Crippen molar-refractivity contribution >= 4 is 23.0 Å². The number of nitrogens with one attached hydrogen (secondary N) is 2. The van der Waals surface area contributed by atoms with Crippen molar-refractivity contribution < 1.29 is 0 Å². The molecule has 5 heteroatoms. The summed E-state index contributed by atoms with van der Waals surface area (Å²) in [7, 11) is 0. The van der Waals surface area contributed by atoms with Crippen molar-refractivity contribution in [3.63, 3.8) is 0 Å². The molecule has 0 atom stereocenters. The zero-order valence-electron chi connectivity index (χ0n) is 13.9. The summed E-state index contributed by atoms with van der Waals surface area (Å²) in [5.74, 6) is 1.47. The summed E-state index contributed by atoms with van der Waals surface area (Å²) < 4.78 is 0. The Balaban J connectivity index is 1.72. The fourth-order valence-corrected chi connectivity index (χ4v) is 2.40. The van der Waals surface area contributed by atoms with Crippen LogP contribution in [-0.2, 0) is 6.54 Å². The first-order chi connectivity index (χ1) is 11.6. The Hall–Kier alpha value is -3.08. The van der Waals surface area contributed by atoms with E-state index in [1.54, 1.807) is 0 Å². The van der Waals surface area contributed by atoms with Gasteiger partial charge in [0.2, 0.25) is 0 Å². The van der Waals surface area contributed by atoms with E-state index in [0.29, 0.717) is 18.1 Å². The van der Waals surface area contributed by atoms with Crippen molar-refractivity contribution in [1.82, 2.24) is 9.97 Å². The molecule has 0 aliphatic rings. The second-order valence-corrected chi connectivity index (χ2v) is 5.78. The first kappa shape index (κ1) is 15.8. The van der Waals surface area contributed by atoms with Gasteiger partial charge in [0.25, 0.3) is 0 Å². The van der Waals surface area contributed by atoms with E-state index in [0.717, 1.165) is 11.5 Å². The molecule has 122 valence electrons. The van der Waals surface area contributed by atoms with E-state index in [-0.39, 0.29) is 0 Å². The maximum absolute atomic E-state index is 6.09. The molecule has 0 unspecified atom stereocenters. The van der Waals surface area contributed by atoms with Crippen LogP contribution in [0.15, 0.2) is 54.9 Å². The summed E-state index contributed by atoms with van der Waals surface area (Å²) >= 11 is 0. The lowest BCUT2D eigenvalue weighted by Crippen LogP contribution is -2.04. The number of nitrogens with zero attached hydrogens (tertiary/aromatic N) is 2. The van der Waals surface area contributed by atoms with Gasteiger partial charge in [-0.15, -0.1) is 0 Å². The first-order valence-electron chi connectivity index (χ1n) is 7.85. The van der Waals surface area contributed by atoms with Crippen LogP contribution in [0.2, 0.25) is 0 Å². The Morgan fingerprint density at radius 3 is 2.42 bits per heavy atom. The molecule has 4 N–H and O–H groups in total. The molecule has 0 fully saturated rings. The van der Waals surface area contributed by atoms with Gasteiger partial charge >= 0.3 is 0 Å². The molecule has 0 saturated carbocycles. The minimum absolute atomic E-state index is 0.704. The Labute approximate surface area is 142 Å². The summed E-state index contributed by atoms with van der Waals surface area (Å²) in [5.41, 5.74) is 11.2. The molecule has 1 heterocycles. The maximum Gasteiger partial charge on any atom is 0.135 e. The number of anilines is 4. The minimum atomic E-state index is 0.704. The van der Waals surface area contributed by atoms with E-state index in [9.17, 15) is 0 Å². The standard InChI is InChI=1S/C19H21N5/c1-13-8-16(20)17(9-14(13)2)24-19-10-18(22-12-23-19)21-11-15-6-4-3-5-7-15/h3-10,12H,11,20H2,1-2H3,(H2,21,22,23,24). The van der Waals surface area contributed by atoms with Crippen LogP contribution < -0.4 is 16.4 Å². The van der Waals surface area contributed by atoms with Crippen LogP contribution in [0.5, 0.6) is 0 Å². The highest BCUT2D eigenvalue weighted by atomic mass is 15.1. The summed E-state index contributed by atoms with van der Waals surface area (Å²) in [6, 6.07) is 16.1. The van der Waals surface area contributed by atoms with Crippen molar-refractivity contribution in [1.29, 1.82) is 0 Å². The SMILES string of the molecule is Cc1cc(N)c(Nc2cc(NCc3ccccc3)ncn2)cc1C. The van der Waals surface area contributed by atoms with Gasteiger partial charge in [-0.3, -0.25) is 0 Å². The third-order valence-corrected chi connectivity index (χ3v) is 3.91. The van der Waals surface area contributed by atoms with Crippen LogP contribution in [-0.4, -0.2) is 9.97 Å². The molecule has 3 aromatic rings. The number of aryl methyl sites for hydroxylation is 2. The number of nitrogens with two attached hydrogens (primary N) is 1. The maximum atomic E-state index is 6.09. The summed E-state index contributed by atoms with van der Waals surface area (Å²) in [5, 5.41) is 6.56. The monoisotopic (exact) mass is 319 g/mol. The molecule has 24 heavy (non-hydrogen) atoms. The highest BCUT2D eigenvalue weighted by molar-refractivity contribution is 5.73. The zero-order valence-corrected chi connectivity index (χ0v) is 13.9. The normalized spacial score (nSPS) is 10.4. The van der Waals surface area contributed by atoms with Crippen molar-refractivity contribution in [2.75, 3.05) is 16.4 Å². The number of hydrogen-bond acceptors (Lipinski definition) is 5. The van der Waals surface area contributed by atoms with E-state index in [1.807, 2.05) is 43.3 Å². The van der Waals surface area contributed by atoms with Crippen LogP contribution in [0.25, 0.3) is 0 Å². The summed E-state index contributed by atoms with van der Waals surface area (Å²) in [6.07, 6.45) is 1.53. The number of hydrogen-bond donors (Lipinski definition) is 3. The molecular weight excluding hydrogens is 298 g/mol. The molecule has 2 aromatic carbocycles. The number of rotatable bonds is 5. The largest absolute Gasteiger partial charge is 0.397 e. The van der Waals surface area contributed by atoms with Crippen molar-refractivity contribution in [2.24, 2.45) is 0 Å². The molecule has 0 aliphatic carbocycles. The molecule has 5 nitrogen and oxygen atoms in total. The third kappa shape index (κ3) is 3.81. The summed E-state index contributed by atoms with van der Waals surface area (Å²) in [4.78, 5) is 8.52. The molecule has 0 amide bonds. The fourth-order valence-electron chi connectivity index (χ4n) is 2.40. The molecule has 0 saturated heterocycles. The van der Waals surface area contributed by atoms with E-state index in [1.165, 1.54) is 23.0 Å². The lowest BCUT2D eigenvalue weighted by Gasteiger charge is -2.12. The van der Waals surface area contributed by atoms with E-state index in [2.05, 4.69) is 39.7 Å². The molecule has 0 spiro atoms. The molecule has 0 bridgehead atoms. The minimum Gasteiger partial charge on any atom is -0.397 e. The van der Waals surface area contributed by atoms with Crippen LogP contribution in [0.3, 0.4) is 0 Å². The number of nitrogen functional groups attached to an aromatic ring is 1. The van der Waals surface area contributed by atoms with Crippen molar-refractivity contribution in [3.05, 3.63) is 71.5 Å². The third-order valence-electron chi connectivity index (χ3n) is 3.91. The van der Waals surface area contributed by atoms with Gasteiger partial charge in [0.15, 0.2) is 0 Å². The van der Waals surface area contributed by atoms with Gasteiger partial charge in [0, 0.05) is 12.6 Å². The Morgan fingerprint density at radius 2 is 1.62 bits per heavy atom. The van der Waals surface area contributed by atoms with Crippen molar-refractivity contribution in [3.8, 4) is 0 Å². The fraction of sp³-hybridized carbons (Fsp3) is 0.158. The predicted molar refractivity (Wildman–Crippen MR) is 99.4 cm³/mol. The smallest absolute Gasteiger partial charge is 0.135 e. The lowest BCUT2D eigenvalue weighted by molar-refractivity contribution is 1.08. The Kier molecular flexibility index (Phi) is 4.61. The quantitative estimate of drug-likeness (QED) is 0.619. The number of benzene rings is 2. The second-order valence-electron chi connectivity index (χ2n) is 5.78. The van der Waals surface area contributed by atoms with Gasteiger partial charge in [-0.25, -0.2) is 9.97 Å². The van der Waals surface area contributed by atoms with Gasteiger partial charge in [0.05, 0.1) is 11.4 Å². The lowest BCUT2D eigenvalue weighted by atomic mass is 10.1. The first-order valence-corrected chi connectivity index (χ1v) is 7.85. The molecule has 1 aromatic heterocycles. The Morgan fingerprint density at radius 1 is 0.917 bits per heavy atom. The highest BCUT2D eigenvalue weighted by Gasteiger charge is 2.05. The summed E-state index contributed by atoms with van der Waals surface area (Å²) in [6.45, 7) is 4.82. The highest BCUT2D eigenvalue weighted by Crippen LogP contribution is 2.26. The van der Waals surface area contributed by atoms with Crippen molar-refractivity contribution in [2.45, 2.75) is 20.4 Å². The van der Waals surface area contributed by atoms with E-state index in [4.69, 9.17) is 5.73 Å². The van der Waals surface area contributed by atoms with Gasteiger partial charge in [-0.2, -0.15) is 0 Å². The van der Waals surface area contributed by atoms with E-state index < -0.39 is 0 Å². The topological polar surface area (TPSA) is 75.9 Å².